The van der Waals surface area contributed by atoms with E-state index in [1.807, 2.05) is 84.9 Å². The lowest BCUT2D eigenvalue weighted by atomic mass is 10.1. The first kappa shape index (κ1) is 23.0. The van der Waals surface area contributed by atoms with E-state index in [4.69, 9.17) is 9.47 Å². The van der Waals surface area contributed by atoms with E-state index in [2.05, 4.69) is 42.4 Å². The predicted octanol–water partition coefficient (Wildman–Crippen LogP) is 6.47. The first-order valence-corrected chi connectivity index (χ1v) is 11.8. The molecule has 0 radical (unpaired) electrons. The van der Waals surface area contributed by atoms with Crippen LogP contribution in [0.3, 0.4) is 0 Å². The topological polar surface area (TPSA) is 59.9 Å². The summed E-state index contributed by atoms with van der Waals surface area (Å²) in [4.78, 5) is 12.2. The maximum Gasteiger partial charge on any atom is 0.277 e. The molecule has 1 N–H and O–H groups in total. The molecule has 0 aliphatic rings. The number of rotatable bonds is 8. The number of para-hydroxylation sites is 1. The van der Waals surface area contributed by atoms with Crippen LogP contribution in [0.1, 0.15) is 11.1 Å². The third-order valence-electron chi connectivity index (χ3n) is 4.78. The van der Waals surface area contributed by atoms with E-state index in [1.165, 1.54) is 0 Å². The van der Waals surface area contributed by atoms with Gasteiger partial charge in [0.2, 0.25) is 0 Å². The van der Waals surface area contributed by atoms with Crippen LogP contribution in [-0.2, 0) is 11.4 Å². The Morgan fingerprint density at radius 2 is 1.70 bits per heavy atom. The number of carbonyl (C=O) groups is 1. The highest BCUT2D eigenvalue weighted by Gasteiger charge is 2.08. The summed E-state index contributed by atoms with van der Waals surface area (Å²) < 4.78 is 13.4. The lowest BCUT2D eigenvalue weighted by Crippen LogP contribution is -2.24. The molecule has 0 unspecified atom stereocenters. The van der Waals surface area contributed by atoms with Crippen LogP contribution >= 0.6 is 31.9 Å². The molecule has 0 saturated heterocycles. The van der Waals surface area contributed by atoms with Gasteiger partial charge in [-0.2, -0.15) is 5.10 Å². The zero-order chi connectivity index (χ0) is 23.0. The second-order valence-corrected chi connectivity index (χ2v) is 8.85. The molecule has 1 amide bonds. The molecule has 33 heavy (non-hydrogen) atoms. The molecule has 5 nitrogen and oxygen atoms in total. The zero-order valence-corrected chi connectivity index (χ0v) is 20.7. The fraction of sp³-hybridized carbons (Fsp3) is 0.0769. The number of nitrogens with zero attached hydrogens (tertiary/aromatic N) is 1. The van der Waals surface area contributed by atoms with Gasteiger partial charge in [-0.1, -0.05) is 70.5 Å². The SMILES string of the molecule is O=C(COc1ccc2ccccc2c1Br)N/N=C\c1ccccc1OCc1cccc(Br)c1. The number of hydrogen-bond acceptors (Lipinski definition) is 4. The van der Waals surface area contributed by atoms with E-state index in [9.17, 15) is 4.79 Å². The van der Waals surface area contributed by atoms with E-state index < -0.39 is 0 Å². The highest BCUT2D eigenvalue weighted by atomic mass is 79.9. The van der Waals surface area contributed by atoms with Gasteiger partial charge in [0.15, 0.2) is 6.61 Å². The van der Waals surface area contributed by atoms with Crippen molar-refractivity contribution in [3.63, 3.8) is 0 Å². The van der Waals surface area contributed by atoms with Crippen LogP contribution < -0.4 is 14.9 Å². The quantitative estimate of drug-likeness (QED) is 0.196. The predicted molar refractivity (Wildman–Crippen MR) is 138 cm³/mol. The molecule has 0 aromatic heterocycles. The standard InChI is InChI=1S/C26H20Br2N2O3/c27-21-9-5-6-18(14-21)16-32-23-11-4-2-8-20(23)15-29-30-25(31)17-33-24-13-12-19-7-1-3-10-22(19)26(24)28/h1-15H,16-17H2,(H,30,31)/b29-15-. The molecule has 0 fully saturated rings. The molecular weight excluding hydrogens is 548 g/mol. The molecular formula is C26H20Br2N2O3. The number of halogens is 2. The van der Waals surface area contributed by atoms with Gasteiger partial charge in [0.1, 0.15) is 18.1 Å². The second kappa shape index (κ2) is 11.1. The number of amides is 1. The minimum absolute atomic E-state index is 0.157. The monoisotopic (exact) mass is 566 g/mol. The smallest absolute Gasteiger partial charge is 0.277 e. The maximum atomic E-state index is 12.2. The Morgan fingerprint density at radius 3 is 2.58 bits per heavy atom. The molecule has 0 aliphatic heterocycles. The molecule has 4 aromatic carbocycles. The van der Waals surface area contributed by atoms with Crippen molar-refractivity contribution in [2.75, 3.05) is 6.61 Å². The van der Waals surface area contributed by atoms with Crippen molar-refractivity contribution in [1.29, 1.82) is 0 Å². The lowest BCUT2D eigenvalue weighted by Gasteiger charge is -2.10. The highest BCUT2D eigenvalue weighted by molar-refractivity contribution is 9.11. The van der Waals surface area contributed by atoms with Crippen LogP contribution in [0, 0.1) is 0 Å². The van der Waals surface area contributed by atoms with Gasteiger partial charge in [0.25, 0.3) is 5.91 Å². The maximum absolute atomic E-state index is 12.2. The Bertz CT molecular complexity index is 1310. The fourth-order valence-electron chi connectivity index (χ4n) is 3.18. The average molecular weight is 568 g/mol. The highest BCUT2D eigenvalue weighted by Crippen LogP contribution is 2.32. The van der Waals surface area contributed by atoms with Gasteiger partial charge in [-0.3, -0.25) is 4.79 Å². The van der Waals surface area contributed by atoms with Gasteiger partial charge in [-0.05, 0) is 62.6 Å². The summed E-state index contributed by atoms with van der Waals surface area (Å²) >= 11 is 7.02. The van der Waals surface area contributed by atoms with Crippen LogP contribution in [0.5, 0.6) is 11.5 Å². The van der Waals surface area contributed by atoms with Crippen molar-refractivity contribution in [3.05, 3.63) is 105 Å². The Balaban J connectivity index is 1.33. The van der Waals surface area contributed by atoms with Crippen molar-refractivity contribution >= 4 is 54.8 Å². The molecule has 0 bridgehead atoms. The third-order valence-corrected chi connectivity index (χ3v) is 6.09. The zero-order valence-electron chi connectivity index (χ0n) is 17.5. The minimum atomic E-state index is -0.362. The summed E-state index contributed by atoms with van der Waals surface area (Å²) in [6.45, 7) is 0.264. The summed E-state index contributed by atoms with van der Waals surface area (Å²) in [5.74, 6) is 0.907. The Morgan fingerprint density at radius 1 is 0.879 bits per heavy atom. The lowest BCUT2D eigenvalue weighted by molar-refractivity contribution is -0.123. The van der Waals surface area contributed by atoms with E-state index in [-0.39, 0.29) is 12.5 Å². The van der Waals surface area contributed by atoms with Gasteiger partial charge in [0, 0.05) is 10.0 Å². The summed E-state index contributed by atoms with van der Waals surface area (Å²) in [5, 5.41) is 6.16. The number of hydrazone groups is 1. The van der Waals surface area contributed by atoms with Crippen LogP contribution in [0.2, 0.25) is 0 Å². The van der Waals surface area contributed by atoms with Crippen LogP contribution in [0.25, 0.3) is 10.8 Å². The van der Waals surface area contributed by atoms with Crippen LogP contribution in [0.4, 0.5) is 0 Å². The number of benzene rings is 4. The molecule has 166 valence electrons. The summed E-state index contributed by atoms with van der Waals surface area (Å²) in [7, 11) is 0. The summed E-state index contributed by atoms with van der Waals surface area (Å²) in [6, 6.07) is 27.2. The van der Waals surface area contributed by atoms with Crippen LogP contribution in [-0.4, -0.2) is 18.7 Å². The molecule has 0 saturated carbocycles. The van der Waals surface area contributed by atoms with Gasteiger partial charge in [0.05, 0.1) is 10.7 Å². The molecule has 0 heterocycles. The molecule has 0 spiro atoms. The van der Waals surface area contributed by atoms with Crippen molar-refractivity contribution in [2.24, 2.45) is 5.10 Å². The normalized spacial score (nSPS) is 11.0. The minimum Gasteiger partial charge on any atom is -0.488 e. The largest absolute Gasteiger partial charge is 0.488 e. The first-order chi connectivity index (χ1) is 16.1. The van der Waals surface area contributed by atoms with Crippen molar-refractivity contribution < 1.29 is 14.3 Å². The van der Waals surface area contributed by atoms with Crippen molar-refractivity contribution in [2.45, 2.75) is 6.61 Å². The van der Waals surface area contributed by atoms with Gasteiger partial charge in [-0.25, -0.2) is 5.43 Å². The van der Waals surface area contributed by atoms with E-state index >= 15 is 0 Å². The molecule has 4 aromatic rings. The molecule has 0 aliphatic carbocycles. The molecule has 0 atom stereocenters. The number of hydrogen-bond donors (Lipinski definition) is 1. The summed E-state index contributed by atoms with van der Waals surface area (Å²) in [5.41, 5.74) is 4.29. The van der Waals surface area contributed by atoms with E-state index in [0.717, 1.165) is 30.8 Å². The second-order valence-electron chi connectivity index (χ2n) is 7.14. The number of ether oxygens (including phenoxy) is 2. The van der Waals surface area contributed by atoms with Gasteiger partial charge in [-0.15, -0.1) is 0 Å². The van der Waals surface area contributed by atoms with Crippen LogP contribution in [0.15, 0.2) is 99.0 Å². The van der Waals surface area contributed by atoms with Gasteiger partial charge >= 0.3 is 0 Å². The Kier molecular flexibility index (Phi) is 7.75. The molecule has 7 heteroatoms. The number of fused-ring (bicyclic) bond motifs is 1. The van der Waals surface area contributed by atoms with Gasteiger partial charge < -0.3 is 9.47 Å². The Labute approximate surface area is 208 Å². The average Bonchev–Trinajstić information content (AvgIpc) is 2.83. The summed E-state index contributed by atoms with van der Waals surface area (Å²) in [6.07, 6.45) is 1.56. The number of nitrogens with one attached hydrogen (secondary N) is 1. The van der Waals surface area contributed by atoms with E-state index in [0.29, 0.717) is 18.1 Å². The number of carbonyl (C=O) groups excluding carboxylic acids is 1. The Hall–Kier alpha value is -3.16. The fourth-order valence-corrected chi connectivity index (χ4v) is 4.24. The van der Waals surface area contributed by atoms with Crippen molar-refractivity contribution in [3.8, 4) is 11.5 Å². The first-order valence-electron chi connectivity index (χ1n) is 10.2. The molecule has 4 rings (SSSR count). The van der Waals surface area contributed by atoms with E-state index in [1.54, 1.807) is 6.21 Å². The van der Waals surface area contributed by atoms with Crippen molar-refractivity contribution in [1.82, 2.24) is 5.43 Å². The third kappa shape index (κ3) is 6.21.